The molecule has 3 nitrogen and oxygen atoms in total. The number of benzene rings is 3. The van der Waals surface area contributed by atoms with E-state index in [9.17, 15) is 0 Å². The molecule has 0 spiro atoms. The van der Waals surface area contributed by atoms with Crippen LogP contribution in [-0.4, -0.2) is 4.68 Å². The van der Waals surface area contributed by atoms with Gasteiger partial charge in [0.15, 0.2) is 12.2 Å². The van der Waals surface area contributed by atoms with Crippen molar-refractivity contribution in [1.82, 2.24) is 4.68 Å². The summed E-state index contributed by atoms with van der Waals surface area (Å²) in [5.41, 5.74) is 6.88. The van der Waals surface area contributed by atoms with Crippen molar-refractivity contribution < 1.29 is 4.68 Å². The maximum atomic E-state index is 7.17. The first-order chi connectivity index (χ1) is 11.8. The van der Waals surface area contributed by atoms with Crippen molar-refractivity contribution in [2.24, 2.45) is 0 Å². The summed E-state index contributed by atoms with van der Waals surface area (Å²) in [5.74, 6) is 0. The Morgan fingerprint density at radius 1 is 0.917 bits per heavy atom. The molecule has 1 aliphatic rings. The molecule has 3 heteroatoms. The van der Waals surface area contributed by atoms with Gasteiger partial charge in [0.1, 0.15) is 11.2 Å². The predicted molar refractivity (Wildman–Crippen MR) is 94.3 cm³/mol. The van der Waals surface area contributed by atoms with E-state index in [0.717, 1.165) is 17.4 Å². The molecule has 112 valence electrons. The van der Waals surface area contributed by atoms with Crippen molar-refractivity contribution in [2.45, 2.75) is 6.54 Å². The molecule has 5 rings (SSSR count). The highest BCUT2D eigenvalue weighted by Crippen LogP contribution is 2.30. The first kappa shape index (κ1) is 13.1. The summed E-state index contributed by atoms with van der Waals surface area (Å²) in [5, 5.41) is 1.11. The Labute approximate surface area is 139 Å². The van der Waals surface area contributed by atoms with Crippen molar-refractivity contribution in [3.63, 3.8) is 0 Å². The Kier molecular flexibility index (Phi) is 2.62. The molecule has 0 radical (unpaired) electrons. The minimum Gasteiger partial charge on any atom is -0.238 e. The summed E-state index contributed by atoms with van der Waals surface area (Å²) in [6, 6.07) is 23.0. The van der Waals surface area contributed by atoms with E-state index in [0.29, 0.717) is 5.69 Å². The van der Waals surface area contributed by atoms with E-state index in [4.69, 9.17) is 6.57 Å². The highest BCUT2D eigenvalue weighted by Gasteiger charge is 2.28. The van der Waals surface area contributed by atoms with E-state index in [-0.39, 0.29) is 0 Å². The number of nitrogens with zero attached hydrogens (tertiary/aromatic N) is 3. The van der Waals surface area contributed by atoms with E-state index >= 15 is 0 Å². The van der Waals surface area contributed by atoms with Crippen LogP contribution in [0.4, 0.5) is 5.69 Å². The fourth-order valence-corrected chi connectivity index (χ4v) is 3.55. The SMILES string of the molecule is [C-]#[N+]c1ccc2c(c1)c[n+]1n2-c2ccc(-c3ccccc3)cc2C1. The molecular formula is C21H14N3+. The molecule has 0 unspecified atom stereocenters. The molecule has 0 fully saturated rings. The molecule has 0 saturated carbocycles. The zero-order valence-corrected chi connectivity index (χ0v) is 13.0. The minimum absolute atomic E-state index is 0.687. The van der Waals surface area contributed by atoms with Crippen LogP contribution in [0.2, 0.25) is 0 Å². The van der Waals surface area contributed by atoms with Gasteiger partial charge in [0, 0.05) is 5.56 Å². The predicted octanol–water partition coefficient (Wildman–Crippen LogP) is 4.50. The van der Waals surface area contributed by atoms with Gasteiger partial charge in [-0.25, -0.2) is 4.85 Å². The molecule has 0 atom stereocenters. The third-order valence-electron chi connectivity index (χ3n) is 4.66. The molecule has 24 heavy (non-hydrogen) atoms. The first-order valence-electron chi connectivity index (χ1n) is 7.95. The van der Waals surface area contributed by atoms with Gasteiger partial charge in [-0.1, -0.05) is 42.5 Å². The number of hydrogen-bond acceptors (Lipinski definition) is 0. The number of fused-ring (bicyclic) bond motifs is 5. The third kappa shape index (κ3) is 1.80. The van der Waals surface area contributed by atoms with Gasteiger partial charge < -0.3 is 0 Å². The average Bonchev–Trinajstić information content (AvgIpc) is 3.16. The molecule has 0 aliphatic carbocycles. The fraction of sp³-hybridized carbons (Fsp3) is 0.0476. The Bertz CT molecular complexity index is 1130. The molecule has 1 aromatic heterocycles. The second-order valence-corrected chi connectivity index (χ2v) is 6.10. The lowest BCUT2D eigenvalue weighted by atomic mass is 10.0. The van der Waals surface area contributed by atoms with Crippen LogP contribution in [0.1, 0.15) is 5.56 Å². The molecule has 0 bridgehead atoms. The van der Waals surface area contributed by atoms with Crippen LogP contribution in [0.25, 0.3) is 32.6 Å². The average molecular weight is 308 g/mol. The van der Waals surface area contributed by atoms with Crippen LogP contribution in [0.15, 0.2) is 72.9 Å². The Morgan fingerprint density at radius 3 is 2.62 bits per heavy atom. The van der Waals surface area contributed by atoms with Gasteiger partial charge in [-0.15, -0.1) is 9.36 Å². The van der Waals surface area contributed by atoms with Gasteiger partial charge >= 0.3 is 0 Å². The fourth-order valence-electron chi connectivity index (χ4n) is 3.55. The molecular weight excluding hydrogens is 294 g/mol. The highest BCUT2D eigenvalue weighted by atomic mass is 15.4. The molecule has 0 N–H and O–H groups in total. The maximum Gasteiger partial charge on any atom is 0.203 e. The highest BCUT2D eigenvalue weighted by molar-refractivity contribution is 5.83. The van der Waals surface area contributed by atoms with E-state index in [1.807, 2.05) is 24.3 Å². The van der Waals surface area contributed by atoms with Crippen molar-refractivity contribution >= 4 is 16.6 Å². The molecule has 4 aromatic rings. The van der Waals surface area contributed by atoms with Gasteiger partial charge in [0.25, 0.3) is 0 Å². The lowest BCUT2D eigenvalue weighted by Crippen LogP contribution is -2.36. The Hall–Kier alpha value is -3.38. The summed E-state index contributed by atoms with van der Waals surface area (Å²) >= 11 is 0. The Balaban J connectivity index is 1.67. The molecule has 2 heterocycles. The molecule has 1 aliphatic heterocycles. The van der Waals surface area contributed by atoms with Gasteiger partial charge in [-0.2, -0.15) is 0 Å². The van der Waals surface area contributed by atoms with E-state index in [1.165, 1.54) is 22.4 Å². The van der Waals surface area contributed by atoms with E-state index < -0.39 is 0 Å². The summed E-state index contributed by atoms with van der Waals surface area (Å²) < 4.78 is 4.46. The topological polar surface area (TPSA) is 13.2 Å². The van der Waals surface area contributed by atoms with Crippen LogP contribution < -0.4 is 4.68 Å². The van der Waals surface area contributed by atoms with Crippen LogP contribution in [0.5, 0.6) is 0 Å². The van der Waals surface area contributed by atoms with Gasteiger partial charge in [-0.05, 0) is 35.4 Å². The second kappa shape index (κ2) is 4.81. The zero-order chi connectivity index (χ0) is 16.1. The summed E-state index contributed by atoms with van der Waals surface area (Å²) in [6.45, 7) is 8.03. The number of rotatable bonds is 1. The quantitative estimate of drug-likeness (QED) is 0.320. The van der Waals surface area contributed by atoms with Gasteiger partial charge in [-0.3, -0.25) is 0 Å². The molecule has 0 amide bonds. The zero-order valence-electron chi connectivity index (χ0n) is 13.0. The molecule has 3 aromatic carbocycles. The minimum atomic E-state index is 0.687. The standard InChI is InChI=1S/C21H14N3/c1-22-19-8-10-21-18(12-19)14-23-13-17-11-16(7-9-20(17)24(21)23)15-5-3-2-4-6-15/h2-12,14H,13H2/q+1. The lowest BCUT2D eigenvalue weighted by molar-refractivity contribution is -0.749. The second-order valence-electron chi connectivity index (χ2n) is 6.10. The summed E-state index contributed by atoms with van der Waals surface area (Å²) in [7, 11) is 0. The smallest absolute Gasteiger partial charge is 0.203 e. The van der Waals surface area contributed by atoms with Crippen LogP contribution >= 0.6 is 0 Å². The largest absolute Gasteiger partial charge is 0.238 e. The third-order valence-corrected chi connectivity index (χ3v) is 4.66. The first-order valence-corrected chi connectivity index (χ1v) is 7.95. The van der Waals surface area contributed by atoms with Crippen molar-refractivity contribution in [1.29, 1.82) is 0 Å². The van der Waals surface area contributed by atoms with Crippen LogP contribution in [-0.2, 0) is 6.54 Å². The number of hydrogen-bond donors (Lipinski definition) is 0. The summed E-state index contributed by atoms with van der Waals surface area (Å²) in [4.78, 5) is 3.52. The number of aromatic nitrogens is 2. The monoisotopic (exact) mass is 308 g/mol. The maximum absolute atomic E-state index is 7.17. The van der Waals surface area contributed by atoms with Crippen molar-refractivity contribution in [3.05, 3.63) is 89.9 Å². The summed E-state index contributed by atoms with van der Waals surface area (Å²) in [6.07, 6.45) is 2.13. The van der Waals surface area contributed by atoms with E-state index in [2.05, 4.69) is 62.9 Å². The van der Waals surface area contributed by atoms with Gasteiger partial charge in [0.2, 0.25) is 6.20 Å². The van der Waals surface area contributed by atoms with Crippen LogP contribution in [0, 0.1) is 6.57 Å². The van der Waals surface area contributed by atoms with Gasteiger partial charge in [0.05, 0.1) is 12.0 Å². The van der Waals surface area contributed by atoms with Crippen LogP contribution in [0.3, 0.4) is 0 Å². The normalized spacial score (nSPS) is 12.0. The Morgan fingerprint density at radius 2 is 1.79 bits per heavy atom. The van der Waals surface area contributed by atoms with Crippen molar-refractivity contribution in [3.8, 4) is 16.8 Å². The lowest BCUT2D eigenvalue weighted by Gasteiger charge is -2.03. The van der Waals surface area contributed by atoms with Crippen molar-refractivity contribution in [2.75, 3.05) is 0 Å². The van der Waals surface area contributed by atoms with E-state index in [1.54, 1.807) is 0 Å². The molecule has 0 saturated heterocycles.